The maximum Gasteiger partial charge on any atom is 0.258 e. The van der Waals surface area contributed by atoms with Gasteiger partial charge in [-0.1, -0.05) is 12.1 Å². The lowest BCUT2D eigenvalue weighted by Crippen LogP contribution is -2.31. The predicted octanol–water partition coefficient (Wildman–Crippen LogP) is 2.15. The van der Waals surface area contributed by atoms with Gasteiger partial charge < -0.3 is 15.0 Å². The third-order valence-corrected chi connectivity index (χ3v) is 4.50. The summed E-state index contributed by atoms with van der Waals surface area (Å²) in [7, 11) is 1.71. The average molecular weight is 330 g/mol. The molecule has 0 aliphatic carbocycles. The van der Waals surface area contributed by atoms with Crippen molar-refractivity contribution in [1.29, 1.82) is 5.26 Å². The van der Waals surface area contributed by atoms with Crippen LogP contribution in [0.25, 0.3) is 10.9 Å². The predicted molar refractivity (Wildman–Crippen MR) is 92.7 cm³/mol. The molecule has 0 radical (unpaired) electrons. The number of pyridine rings is 2. The summed E-state index contributed by atoms with van der Waals surface area (Å²) >= 11 is 0. The number of rotatable bonds is 1. The minimum atomic E-state index is -0.583. The Kier molecular flexibility index (Phi) is 3.29. The number of hydrogen-bond donors (Lipinski definition) is 1. The third-order valence-electron chi connectivity index (χ3n) is 4.50. The summed E-state index contributed by atoms with van der Waals surface area (Å²) in [6.07, 6.45) is 3.25. The van der Waals surface area contributed by atoms with E-state index in [4.69, 9.17) is 10.5 Å². The fourth-order valence-corrected chi connectivity index (χ4v) is 3.32. The summed E-state index contributed by atoms with van der Waals surface area (Å²) in [6.45, 7) is 0. The van der Waals surface area contributed by atoms with E-state index < -0.39 is 5.92 Å². The molecule has 0 saturated carbocycles. The summed E-state index contributed by atoms with van der Waals surface area (Å²) in [5, 5.41) is 10.4. The topological polar surface area (TPSA) is 93.9 Å². The summed E-state index contributed by atoms with van der Waals surface area (Å²) in [5.74, 6) is -0.146. The number of para-hydroxylation sites is 1. The molecule has 0 spiro atoms. The first kappa shape index (κ1) is 15.0. The number of ether oxygens (including phenoxy) is 1. The Hall–Kier alpha value is -3.59. The average Bonchev–Trinajstić information content (AvgIpc) is 2.66. The second-order valence-electron chi connectivity index (χ2n) is 5.83. The van der Waals surface area contributed by atoms with Gasteiger partial charge in [-0.3, -0.25) is 9.78 Å². The highest BCUT2D eigenvalue weighted by Crippen LogP contribution is 2.42. The third kappa shape index (κ3) is 2.10. The molecule has 1 atom stereocenters. The van der Waals surface area contributed by atoms with Crippen LogP contribution in [0.2, 0.25) is 0 Å². The van der Waals surface area contributed by atoms with Crippen LogP contribution in [0.1, 0.15) is 17.0 Å². The first-order valence-corrected chi connectivity index (χ1v) is 7.72. The maximum absolute atomic E-state index is 13.1. The molecule has 1 aliphatic rings. The van der Waals surface area contributed by atoms with E-state index in [0.29, 0.717) is 11.3 Å². The first-order valence-electron chi connectivity index (χ1n) is 7.72. The lowest BCUT2D eigenvalue weighted by atomic mass is 9.84. The number of nitrogens with two attached hydrogens (primary N) is 1. The molecule has 0 saturated heterocycles. The van der Waals surface area contributed by atoms with Crippen LogP contribution >= 0.6 is 0 Å². The Bertz CT molecular complexity index is 1120. The smallest absolute Gasteiger partial charge is 0.258 e. The Morgan fingerprint density at radius 3 is 2.68 bits per heavy atom. The van der Waals surface area contributed by atoms with Crippen LogP contribution in [0.15, 0.2) is 65.0 Å². The number of nitrogens with zero attached hydrogens (tertiary/aromatic N) is 3. The van der Waals surface area contributed by atoms with Gasteiger partial charge in [0, 0.05) is 24.8 Å². The number of aryl methyl sites for hydroxylation is 1. The molecule has 122 valence electrons. The van der Waals surface area contributed by atoms with Gasteiger partial charge in [0.15, 0.2) is 0 Å². The first-order chi connectivity index (χ1) is 12.1. The van der Waals surface area contributed by atoms with Gasteiger partial charge in [0.1, 0.15) is 17.4 Å². The Morgan fingerprint density at radius 2 is 1.96 bits per heavy atom. The molecule has 3 aromatic rings. The fourth-order valence-electron chi connectivity index (χ4n) is 3.32. The summed E-state index contributed by atoms with van der Waals surface area (Å²) in [4.78, 5) is 17.1. The van der Waals surface area contributed by atoms with Crippen LogP contribution in [0.5, 0.6) is 5.75 Å². The molecule has 0 unspecified atom stereocenters. The molecule has 2 aromatic heterocycles. The molecule has 4 rings (SSSR count). The highest BCUT2D eigenvalue weighted by atomic mass is 16.5. The highest BCUT2D eigenvalue weighted by molar-refractivity contribution is 5.88. The fraction of sp³-hybridized carbons (Fsp3) is 0.105. The summed E-state index contributed by atoms with van der Waals surface area (Å²) in [5.41, 5.74) is 7.97. The molecule has 3 heterocycles. The minimum Gasteiger partial charge on any atom is -0.439 e. The zero-order chi connectivity index (χ0) is 17.6. The van der Waals surface area contributed by atoms with E-state index >= 15 is 0 Å². The Balaban J connectivity index is 2.15. The van der Waals surface area contributed by atoms with Crippen molar-refractivity contribution in [3.8, 4) is 11.8 Å². The van der Waals surface area contributed by atoms with E-state index in [1.54, 1.807) is 36.1 Å². The molecule has 6 nitrogen and oxygen atoms in total. The van der Waals surface area contributed by atoms with Gasteiger partial charge >= 0.3 is 0 Å². The molecule has 1 aliphatic heterocycles. The van der Waals surface area contributed by atoms with E-state index in [0.717, 1.165) is 16.5 Å². The monoisotopic (exact) mass is 330 g/mol. The molecule has 2 N–H and O–H groups in total. The van der Waals surface area contributed by atoms with Crippen molar-refractivity contribution in [3.63, 3.8) is 0 Å². The van der Waals surface area contributed by atoms with E-state index in [9.17, 15) is 10.1 Å². The molecule has 25 heavy (non-hydrogen) atoms. The van der Waals surface area contributed by atoms with Gasteiger partial charge in [0.25, 0.3) is 5.56 Å². The maximum atomic E-state index is 13.1. The van der Waals surface area contributed by atoms with Gasteiger partial charge in [0.2, 0.25) is 5.88 Å². The van der Waals surface area contributed by atoms with Crippen molar-refractivity contribution >= 4 is 10.9 Å². The van der Waals surface area contributed by atoms with Gasteiger partial charge in [0.05, 0.1) is 17.0 Å². The Labute approximate surface area is 143 Å². The summed E-state index contributed by atoms with van der Waals surface area (Å²) < 4.78 is 7.31. The molecule has 1 aromatic carbocycles. The molecule has 0 fully saturated rings. The largest absolute Gasteiger partial charge is 0.439 e. The zero-order valence-electron chi connectivity index (χ0n) is 13.4. The van der Waals surface area contributed by atoms with Crippen molar-refractivity contribution in [2.75, 3.05) is 0 Å². The lowest BCUT2D eigenvalue weighted by Gasteiger charge is -2.27. The van der Waals surface area contributed by atoms with Crippen LogP contribution in [-0.4, -0.2) is 9.55 Å². The van der Waals surface area contributed by atoms with Crippen molar-refractivity contribution in [3.05, 3.63) is 81.7 Å². The van der Waals surface area contributed by atoms with E-state index in [-0.39, 0.29) is 17.0 Å². The molecule has 0 bridgehead atoms. The SMILES string of the molecule is Cn1c(=O)c2c(c3ccccc31)OC(N)=C(C#N)[C@H]2c1ccncc1. The number of aromatic nitrogens is 2. The van der Waals surface area contributed by atoms with Crippen molar-refractivity contribution in [1.82, 2.24) is 9.55 Å². The van der Waals surface area contributed by atoms with Crippen LogP contribution in [0.4, 0.5) is 0 Å². The lowest BCUT2D eigenvalue weighted by molar-refractivity contribution is 0.396. The second-order valence-corrected chi connectivity index (χ2v) is 5.83. The number of allylic oxidation sites excluding steroid dienone is 1. The van der Waals surface area contributed by atoms with Gasteiger partial charge in [-0.05, 0) is 29.8 Å². The standard InChI is InChI=1S/C19H14N4O2/c1-23-14-5-3-2-4-12(14)17-16(19(23)24)15(11-6-8-22-9-7-11)13(10-20)18(21)25-17/h2-9,15H,21H2,1H3/t15-/m1/s1. The van der Waals surface area contributed by atoms with Crippen LogP contribution in [-0.2, 0) is 7.05 Å². The van der Waals surface area contributed by atoms with Gasteiger partial charge in [-0.2, -0.15) is 5.26 Å². The van der Waals surface area contributed by atoms with Crippen LogP contribution in [0.3, 0.4) is 0 Å². The van der Waals surface area contributed by atoms with Crippen LogP contribution in [0, 0.1) is 11.3 Å². The van der Waals surface area contributed by atoms with Gasteiger partial charge in [-0.25, -0.2) is 0 Å². The van der Waals surface area contributed by atoms with Crippen molar-refractivity contribution in [2.24, 2.45) is 12.8 Å². The number of fused-ring (bicyclic) bond motifs is 3. The molecular formula is C19H14N4O2. The molecular weight excluding hydrogens is 316 g/mol. The van der Waals surface area contributed by atoms with Crippen molar-refractivity contribution < 1.29 is 4.74 Å². The summed E-state index contributed by atoms with van der Waals surface area (Å²) in [6, 6.07) is 13.1. The number of benzene rings is 1. The minimum absolute atomic E-state index is 0.0234. The zero-order valence-corrected chi connectivity index (χ0v) is 13.4. The Morgan fingerprint density at radius 1 is 1.24 bits per heavy atom. The van der Waals surface area contributed by atoms with E-state index in [2.05, 4.69) is 11.1 Å². The van der Waals surface area contributed by atoms with E-state index in [1.165, 1.54) is 0 Å². The molecule has 0 amide bonds. The van der Waals surface area contributed by atoms with E-state index in [1.807, 2.05) is 24.3 Å². The number of nitriles is 1. The second kappa shape index (κ2) is 5.49. The normalized spacial score (nSPS) is 16.2. The quantitative estimate of drug-likeness (QED) is 0.738. The molecule has 6 heteroatoms. The highest BCUT2D eigenvalue weighted by Gasteiger charge is 2.35. The number of hydrogen-bond acceptors (Lipinski definition) is 5. The van der Waals surface area contributed by atoms with Crippen LogP contribution < -0.4 is 16.0 Å². The van der Waals surface area contributed by atoms with Crippen molar-refractivity contribution in [2.45, 2.75) is 5.92 Å². The van der Waals surface area contributed by atoms with Gasteiger partial charge in [-0.15, -0.1) is 0 Å².